The molecule has 3 N–H and O–H groups in total. The van der Waals surface area contributed by atoms with Gasteiger partial charge in [-0.3, -0.25) is 0 Å². The molecule has 0 spiro atoms. The van der Waals surface area contributed by atoms with Crippen molar-refractivity contribution < 1.29 is 5.11 Å². The largest absolute Gasteiger partial charge is 0.394 e. The summed E-state index contributed by atoms with van der Waals surface area (Å²) in [6, 6.07) is 4.71. The molecule has 0 bridgehead atoms. The molecule has 12 heavy (non-hydrogen) atoms. The molecule has 0 aliphatic rings. The second-order valence-electron chi connectivity index (χ2n) is 2.43. The molecular weight excluding hydrogens is 197 g/mol. The van der Waals surface area contributed by atoms with Crippen molar-refractivity contribution in [3.05, 3.63) is 33.8 Å². The van der Waals surface area contributed by atoms with Gasteiger partial charge in [-0.25, -0.2) is 0 Å². The number of hydrogen-bond donors (Lipinski definition) is 2. The summed E-state index contributed by atoms with van der Waals surface area (Å²) in [5.74, 6) is 0. The zero-order chi connectivity index (χ0) is 9.14. The quantitative estimate of drug-likeness (QED) is 0.777. The minimum absolute atomic E-state index is 0.139. The summed E-state index contributed by atoms with van der Waals surface area (Å²) < 4.78 is 0. The van der Waals surface area contributed by atoms with Gasteiger partial charge in [0.25, 0.3) is 0 Å². The Morgan fingerprint density at radius 2 is 2.08 bits per heavy atom. The van der Waals surface area contributed by atoms with Crippen molar-refractivity contribution in [2.75, 3.05) is 6.61 Å². The number of aliphatic hydroxyl groups excluding tert-OH is 1. The van der Waals surface area contributed by atoms with E-state index in [1.54, 1.807) is 18.2 Å². The fraction of sp³-hybridized carbons (Fsp3) is 0.250. The number of aliphatic hydroxyl groups is 1. The Morgan fingerprint density at radius 3 is 2.67 bits per heavy atom. The molecular formula is C8H9Cl2NO. The highest BCUT2D eigenvalue weighted by molar-refractivity contribution is 6.42. The van der Waals surface area contributed by atoms with E-state index in [1.807, 2.05) is 0 Å². The van der Waals surface area contributed by atoms with E-state index in [0.717, 1.165) is 0 Å². The van der Waals surface area contributed by atoms with Crippen LogP contribution in [0.5, 0.6) is 0 Å². The van der Waals surface area contributed by atoms with Gasteiger partial charge >= 0.3 is 0 Å². The zero-order valence-electron chi connectivity index (χ0n) is 6.30. The normalized spacial score (nSPS) is 13.0. The molecule has 2 nitrogen and oxygen atoms in total. The molecule has 4 heteroatoms. The van der Waals surface area contributed by atoms with Crippen LogP contribution in [0.2, 0.25) is 10.0 Å². The Labute approximate surface area is 80.9 Å². The molecule has 1 aromatic carbocycles. The van der Waals surface area contributed by atoms with Gasteiger partial charge in [-0.1, -0.05) is 35.3 Å². The predicted molar refractivity (Wildman–Crippen MR) is 50.5 cm³/mol. The second-order valence-corrected chi connectivity index (χ2v) is 3.22. The molecule has 0 fully saturated rings. The summed E-state index contributed by atoms with van der Waals surface area (Å²) in [6.07, 6.45) is 0. The molecule has 0 amide bonds. The lowest BCUT2D eigenvalue weighted by Gasteiger charge is -2.10. The summed E-state index contributed by atoms with van der Waals surface area (Å²) in [6.45, 7) is -0.139. The molecule has 1 aromatic rings. The van der Waals surface area contributed by atoms with E-state index in [-0.39, 0.29) is 6.61 Å². The van der Waals surface area contributed by atoms with E-state index in [9.17, 15) is 0 Å². The van der Waals surface area contributed by atoms with Gasteiger partial charge in [-0.2, -0.15) is 0 Å². The topological polar surface area (TPSA) is 46.2 Å². The van der Waals surface area contributed by atoms with E-state index < -0.39 is 6.04 Å². The number of nitrogens with two attached hydrogens (primary N) is 1. The maximum absolute atomic E-state index is 8.78. The molecule has 0 heterocycles. The van der Waals surface area contributed by atoms with E-state index in [1.165, 1.54) is 0 Å². The van der Waals surface area contributed by atoms with E-state index in [0.29, 0.717) is 15.6 Å². The maximum Gasteiger partial charge on any atom is 0.0640 e. The molecule has 1 rings (SSSR count). The van der Waals surface area contributed by atoms with Crippen molar-refractivity contribution in [3.63, 3.8) is 0 Å². The van der Waals surface area contributed by atoms with Crippen LogP contribution >= 0.6 is 23.2 Å². The third-order valence-electron chi connectivity index (χ3n) is 1.58. The van der Waals surface area contributed by atoms with Gasteiger partial charge in [0, 0.05) is 0 Å². The maximum atomic E-state index is 8.78. The lowest BCUT2D eigenvalue weighted by atomic mass is 10.1. The molecule has 1 unspecified atom stereocenters. The van der Waals surface area contributed by atoms with Gasteiger partial charge in [-0.15, -0.1) is 0 Å². The van der Waals surface area contributed by atoms with Crippen molar-refractivity contribution >= 4 is 23.2 Å². The second kappa shape index (κ2) is 4.10. The summed E-state index contributed by atoms with van der Waals surface area (Å²) in [7, 11) is 0. The zero-order valence-corrected chi connectivity index (χ0v) is 7.81. The summed E-state index contributed by atoms with van der Waals surface area (Å²) >= 11 is 11.6. The fourth-order valence-electron chi connectivity index (χ4n) is 0.905. The monoisotopic (exact) mass is 205 g/mol. The Hall–Kier alpha value is -0.280. The first kappa shape index (κ1) is 9.81. The van der Waals surface area contributed by atoms with Crippen LogP contribution in [0.1, 0.15) is 11.6 Å². The third kappa shape index (κ3) is 1.90. The molecule has 1 atom stereocenters. The van der Waals surface area contributed by atoms with Crippen LogP contribution in [0.15, 0.2) is 18.2 Å². The lowest BCUT2D eigenvalue weighted by molar-refractivity contribution is 0.268. The Balaban J connectivity index is 3.07. The van der Waals surface area contributed by atoms with Crippen LogP contribution in [0.25, 0.3) is 0 Å². The molecule has 0 saturated heterocycles. The number of halogens is 2. The third-order valence-corrected chi connectivity index (χ3v) is 2.41. The summed E-state index contributed by atoms with van der Waals surface area (Å²) in [5, 5.41) is 9.65. The van der Waals surface area contributed by atoms with Gasteiger partial charge in [0.1, 0.15) is 0 Å². The first-order valence-corrected chi connectivity index (χ1v) is 4.22. The fourth-order valence-corrected chi connectivity index (χ4v) is 1.35. The first-order valence-electron chi connectivity index (χ1n) is 3.47. The predicted octanol–water partition coefficient (Wildman–Crippen LogP) is 1.99. The van der Waals surface area contributed by atoms with Crippen LogP contribution < -0.4 is 5.73 Å². The van der Waals surface area contributed by atoms with Crippen LogP contribution in [0.3, 0.4) is 0 Å². The molecule has 0 radical (unpaired) electrons. The smallest absolute Gasteiger partial charge is 0.0640 e. The highest BCUT2D eigenvalue weighted by Gasteiger charge is 2.10. The minimum atomic E-state index is -0.462. The van der Waals surface area contributed by atoms with Gasteiger partial charge in [0.15, 0.2) is 0 Å². The lowest BCUT2D eigenvalue weighted by Crippen LogP contribution is -2.14. The molecule has 0 aromatic heterocycles. The van der Waals surface area contributed by atoms with Crippen LogP contribution in [0.4, 0.5) is 0 Å². The number of hydrogen-bond acceptors (Lipinski definition) is 2. The Kier molecular flexibility index (Phi) is 3.35. The first-order chi connectivity index (χ1) is 5.66. The highest BCUT2D eigenvalue weighted by atomic mass is 35.5. The number of benzene rings is 1. The van der Waals surface area contributed by atoms with Crippen LogP contribution in [-0.4, -0.2) is 11.7 Å². The molecule has 0 saturated carbocycles. The average molecular weight is 206 g/mol. The van der Waals surface area contributed by atoms with E-state index in [4.69, 9.17) is 34.0 Å². The Morgan fingerprint density at radius 1 is 1.42 bits per heavy atom. The van der Waals surface area contributed by atoms with Crippen molar-refractivity contribution in [2.45, 2.75) is 6.04 Å². The SMILES string of the molecule is NC(CO)c1cccc(Cl)c1Cl. The molecule has 0 aliphatic carbocycles. The van der Waals surface area contributed by atoms with Crippen molar-refractivity contribution in [2.24, 2.45) is 5.73 Å². The van der Waals surface area contributed by atoms with Crippen molar-refractivity contribution in [1.29, 1.82) is 0 Å². The van der Waals surface area contributed by atoms with Crippen molar-refractivity contribution in [1.82, 2.24) is 0 Å². The van der Waals surface area contributed by atoms with E-state index >= 15 is 0 Å². The van der Waals surface area contributed by atoms with Crippen LogP contribution in [0, 0.1) is 0 Å². The van der Waals surface area contributed by atoms with Gasteiger partial charge in [0.05, 0.1) is 22.7 Å². The number of rotatable bonds is 2. The van der Waals surface area contributed by atoms with Crippen molar-refractivity contribution in [3.8, 4) is 0 Å². The van der Waals surface area contributed by atoms with Gasteiger partial charge in [-0.05, 0) is 11.6 Å². The standard InChI is InChI=1S/C8H9Cl2NO/c9-6-3-1-2-5(8(6)10)7(11)4-12/h1-3,7,12H,4,11H2. The van der Waals surface area contributed by atoms with E-state index in [2.05, 4.69) is 0 Å². The average Bonchev–Trinajstić information content (AvgIpc) is 2.08. The Bertz CT molecular complexity index is 278. The molecule has 66 valence electrons. The minimum Gasteiger partial charge on any atom is -0.394 e. The summed E-state index contributed by atoms with van der Waals surface area (Å²) in [5.41, 5.74) is 6.24. The molecule has 0 aliphatic heterocycles. The summed E-state index contributed by atoms with van der Waals surface area (Å²) in [4.78, 5) is 0. The van der Waals surface area contributed by atoms with Gasteiger partial charge in [0.2, 0.25) is 0 Å². The highest BCUT2D eigenvalue weighted by Crippen LogP contribution is 2.28. The van der Waals surface area contributed by atoms with Gasteiger partial charge < -0.3 is 10.8 Å². The van der Waals surface area contributed by atoms with Crippen LogP contribution in [-0.2, 0) is 0 Å².